The molecule has 2 rings (SSSR count). The van der Waals surface area contributed by atoms with Gasteiger partial charge in [-0.3, -0.25) is 9.48 Å². The van der Waals surface area contributed by atoms with Gasteiger partial charge in [-0.2, -0.15) is 18.3 Å². The molecule has 0 aliphatic carbocycles. The predicted octanol–water partition coefficient (Wildman–Crippen LogP) is 5.74. The maximum Gasteiger partial charge on any atom is 0.694 e. The highest BCUT2D eigenvalue weighted by Crippen LogP contribution is 2.35. The Labute approximate surface area is 184 Å². The van der Waals surface area contributed by atoms with Crippen LogP contribution in [-0.4, -0.2) is 27.2 Å². The molecule has 8 nitrogen and oxygen atoms in total. The Morgan fingerprint density at radius 2 is 2.00 bits per heavy atom. The normalized spacial score (nSPS) is 12.5. The molecule has 31 heavy (non-hydrogen) atoms. The molecular weight excluding hydrogens is 456 g/mol. The highest BCUT2D eigenvalue weighted by atomic mass is 32.1. The van der Waals surface area contributed by atoms with Crippen molar-refractivity contribution in [2.45, 2.75) is 46.2 Å². The first-order valence-corrected chi connectivity index (χ1v) is 11.2. The van der Waals surface area contributed by atoms with E-state index in [0.717, 1.165) is 22.2 Å². The number of amides is 1. The second-order valence-electron chi connectivity index (χ2n) is 6.90. The molecule has 2 atom stereocenters. The summed E-state index contributed by atoms with van der Waals surface area (Å²) in [6.45, 7) is 8.21. The summed E-state index contributed by atoms with van der Waals surface area (Å²) in [5.74, 6) is -0.0936. The van der Waals surface area contributed by atoms with Gasteiger partial charge in [0.15, 0.2) is 5.69 Å². The molecule has 2 unspecified atom stereocenters. The van der Waals surface area contributed by atoms with Crippen molar-refractivity contribution in [3.05, 3.63) is 33.8 Å². The van der Waals surface area contributed by atoms with E-state index in [2.05, 4.69) is 28.8 Å². The zero-order chi connectivity index (χ0) is 23.1. The van der Waals surface area contributed by atoms with Crippen molar-refractivity contribution in [1.82, 2.24) is 15.9 Å². The minimum atomic E-state index is -4.67. The lowest BCUT2D eigenvalue weighted by Gasteiger charge is -2.15. The minimum Gasteiger partial charge on any atom is -0.344 e. The average Bonchev–Trinajstić information content (AvgIpc) is 3.20. The number of thiophene rings is 1. The second kappa shape index (κ2) is 12.9. The Bertz CT molecular complexity index is 855. The summed E-state index contributed by atoms with van der Waals surface area (Å²) in [4.78, 5) is 21.1. The zero-order valence-electron chi connectivity index (χ0n) is 18.1. The highest BCUT2D eigenvalue weighted by molar-refractivity contribution is 7.32. The molecule has 0 bridgehead atoms. The lowest BCUT2D eigenvalue weighted by molar-refractivity contribution is -0.141. The number of rotatable bonds is 7. The zero-order valence-corrected chi connectivity index (χ0v) is 19.8. The summed E-state index contributed by atoms with van der Waals surface area (Å²) in [5.41, 5.74) is -1.08. The lowest BCUT2D eigenvalue weighted by atomic mass is 9.97. The fraction of sp³-hybridized carbons (Fsp3) is 0.556. The smallest absolute Gasteiger partial charge is 0.344 e. The van der Waals surface area contributed by atoms with Crippen LogP contribution in [0.1, 0.15) is 61.0 Å². The minimum absolute atomic E-state index is 0. The van der Waals surface area contributed by atoms with Crippen LogP contribution >= 0.6 is 19.6 Å². The molecule has 0 fully saturated rings. The topological polar surface area (TPSA) is 128 Å². The van der Waals surface area contributed by atoms with Gasteiger partial charge in [-0.05, 0) is 36.6 Å². The van der Waals surface area contributed by atoms with E-state index in [1.165, 1.54) is 18.4 Å². The second-order valence-corrected chi connectivity index (χ2v) is 8.58. The molecule has 0 saturated heterocycles. The van der Waals surface area contributed by atoms with Crippen LogP contribution in [0.25, 0.3) is 0 Å². The number of nitrogens with one attached hydrogen (secondary N) is 1. The van der Waals surface area contributed by atoms with Gasteiger partial charge in [0.1, 0.15) is 6.61 Å². The number of halogens is 3. The van der Waals surface area contributed by atoms with Crippen LogP contribution in [0.3, 0.4) is 0 Å². The number of hydrogen-bond acceptors (Lipinski definition) is 6. The Kier molecular flexibility index (Phi) is 12.1. The highest BCUT2D eigenvalue weighted by Gasteiger charge is 2.39. The SMILES string of the molecule is CC(C)CC(C)c1sccc1NC(=O)c1cn(C)nc1C(F)(F)F.CCO[P+](=O)O.N. The van der Waals surface area contributed by atoms with E-state index in [0.29, 0.717) is 18.2 Å². The van der Waals surface area contributed by atoms with Crippen LogP contribution in [0.4, 0.5) is 18.9 Å². The van der Waals surface area contributed by atoms with Crippen molar-refractivity contribution in [1.29, 1.82) is 0 Å². The Hall–Kier alpha value is -1.85. The summed E-state index contributed by atoms with van der Waals surface area (Å²) in [6, 6.07) is 1.72. The van der Waals surface area contributed by atoms with Gasteiger partial charge in [0, 0.05) is 22.7 Å². The van der Waals surface area contributed by atoms with E-state index < -0.39 is 31.6 Å². The van der Waals surface area contributed by atoms with E-state index in [9.17, 15) is 22.5 Å². The number of anilines is 1. The third kappa shape index (κ3) is 9.44. The molecule has 0 aliphatic heterocycles. The quantitative estimate of drug-likeness (QED) is 0.429. The van der Waals surface area contributed by atoms with Crippen LogP contribution in [-0.2, 0) is 22.3 Å². The molecule has 0 aromatic carbocycles. The van der Waals surface area contributed by atoms with Crippen molar-refractivity contribution in [2.75, 3.05) is 11.9 Å². The summed E-state index contributed by atoms with van der Waals surface area (Å²) < 4.78 is 53.6. The van der Waals surface area contributed by atoms with Crippen molar-refractivity contribution in [2.24, 2.45) is 13.0 Å². The molecule has 176 valence electrons. The van der Waals surface area contributed by atoms with Gasteiger partial charge in [0.05, 0.1) is 11.3 Å². The largest absolute Gasteiger partial charge is 0.694 e. The number of aromatic nitrogens is 2. The van der Waals surface area contributed by atoms with Crippen LogP contribution < -0.4 is 11.5 Å². The summed E-state index contributed by atoms with van der Waals surface area (Å²) in [5, 5.41) is 7.80. The summed E-state index contributed by atoms with van der Waals surface area (Å²) >= 11 is 1.49. The van der Waals surface area contributed by atoms with E-state index in [1.54, 1.807) is 13.0 Å². The van der Waals surface area contributed by atoms with Crippen LogP contribution in [0, 0.1) is 5.92 Å². The molecular formula is C18H29F3N4O4PS+. The Morgan fingerprint density at radius 3 is 2.45 bits per heavy atom. The monoisotopic (exact) mass is 485 g/mol. The molecule has 2 aromatic rings. The van der Waals surface area contributed by atoms with Gasteiger partial charge in [0.25, 0.3) is 5.91 Å². The molecule has 0 saturated carbocycles. The standard InChI is InChI=1S/C16H20F3N3OS.C2H5O3P.H3N/c1-9(2)7-10(3)13-12(5-6-24-13)20-15(23)11-8-22(4)21-14(11)16(17,18)19;1-2-5-6(3)4;/h5-6,8-10H,7H2,1-4H3,(H,20,23);2H2,1H3;1H3/p+1. The predicted molar refractivity (Wildman–Crippen MR) is 115 cm³/mol. The Balaban J connectivity index is 0.00000113. The number of nitrogens with zero attached hydrogens (tertiary/aromatic N) is 2. The van der Waals surface area contributed by atoms with Crippen LogP contribution in [0.15, 0.2) is 17.6 Å². The van der Waals surface area contributed by atoms with Gasteiger partial charge in [-0.15, -0.1) is 20.8 Å². The van der Waals surface area contributed by atoms with Gasteiger partial charge in [0.2, 0.25) is 0 Å². The summed E-state index contributed by atoms with van der Waals surface area (Å²) in [7, 11) is -0.997. The van der Waals surface area contributed by atoms with Crippen molar-refractivity contribution in [3.8, 4) is 0 Å². The third-order valence-corrected chi connectivity index (χ3v) is 5.42. The number of carbonyl (C=O) groups excluding carboxylic acids is 1. The number of aryl methyl sites for hydroxylation is 1. The lowest BCUT2D eigenvalue weighted by Crippen LogP contribution is -2.18. The molecule has 5 N–H and O–H groups in total. The third-order valence-electron chi connectivity index (χ3n) is 3.80. The van der Waals surface area contributed by atoms with Crippen molar-refractivity contribution >= 4 is 31.2 Å². The molecule has 0 spiro atoms. The van der Waals surface area contributed by atoms with E-state index in [-0.39, 0.29) is 12.1 Å². The van der Waals surface area contributed by atoms with E-state index in [4.69, 9.17) is 4.89 Å². The summed E-state index contributed by atoms with van der Waals surface area (Å²) in [6.07, 6.45) is -2.65. The molecule has 0 aliphatic rings. The fourth-order valence-electron chi connectivity index (χ4n) is 2.78. The van der Waals surface area contributed by atoms with Crippen LogP contribution in [0.5, 0.6) is 0 Å². The van der Waals surface area contributed by atoms with Gasteiger partial charge >= 0.3 is 14.4 Å². The van der Waals surface area contributed by atoms with E-state index in [1.807, 2.05) is 12.3 Å². The molecule has 0 radical (unpaired) electrons. The van der Waals surface area contributed by atoms with Gasteiger partial charge in [-0.1, -0.05) is 20.8 Å². The Morgan fingerprint density at radius 1 is 1.39 bits per heavy atom. The number of carbonyl (C=O) groups is 1. The molecule has 1 amide bonds. The number of alkyl halides is 3. The van der Waals surface area contributed by atoms with Crippen LogP contribution in [0.2, 0.25) is 0 Å². The van der Waals surface area contributed by atoms with Gasteiger partial charge in [-0.25, -0.2) is 0 Å². The van der Waals surface area contributed by atoms with Crippen molar-refractivity contribution in [3.63, 3.8) is 0 Å². The fourth-order valence-corrected chi connectivity index (χ4v) is 3.93. The molecule has 13 heteroatoms. The average molecular weight is 485 g/mol. The number of hydrogen-bond donors (Lipinski definition) is 3. The maximum atomic E-state index is 13.0. The van der Waals surface area contributed by atoms with E-state index >= 15 is 0 Å². The first kappa shape index (κ1) is 29.1. The first-order chi connectivity index (χ1) is 13.9. The molecule has 2 heterocycles. The van der Waals surface area contributed by atoms with Crippen molar-refractivity contribution < 1.29 is 31.9 Å². The first-order valence-electron chi connectivity index (χ1n) is 9.15. The maximum absolute atomic E-state index is 13.0. The molecule has 2 aromatic heterocycles. The van der Waals surface area contributed by atoms with Gasteiger partial charge < -0.3 is 11.5 Å².